The zero-order valence-electron chi connectivity index (χ0n) is 10.1. The number of ether oxygens (including phenoxy) is 1. The molecule has 1 amide bonds. The van der Waals surface area contributed by atoms with Crippen LogP contribution in [0.3, 0.4) is 0 Å². The van der Waals surface area contributed by atoms with Crippen molar-refractivity contribution in [2.45, 2.75) is 12.5 Å². The molecule has 19 heavy (non-hydrogen) atoms. The van der Waals surface area contributed by atoms with Gasteiger partial charge in [0.1, 0.15) is 0 Å². The van der Waals surface area contributed by atoms with Gasteiger partial charge in [0, 0.05) is 23.4 Å². The van der Waals surface area contributed by atoms with Gasteiger partial charge in [-0.25, -0.2) is 0 Å². The number of hydrogen-bond donors (Lipinski definition) is 1. The van der Waals surface area contributed by atoms with Gasteiger partial charge in [-0.3, -0.25) is 14.6 Å². The molecule has 1 aromatic heterocycles. The number of carbonyl (C=O) groups excluding carboxylic acids is 1. The Hall–Kier alpha value is -1.47. The van der Waals surface area contributed by atoms with Gasteiger partial charge in [0.15, 0.2) is 0 Å². The van der Waals surface area contributed by atoms with E-state index in [1.165, 1.54) is 6.20 Å². The molecule has 0 aliphatic carbocycles. The lowest BCUT2D eigenvalue weighted by Gasteiger charge is -2.34. The van der Waals surface area contributed by atoms with Crippen LogP contribution in [0.25, 0.3) is 0 Å². The summed E-state index contributed by atoms with van der Waals surface area (Å²) in [5.74, 6) is -1.16. The first kappa shape index (κ1) is 14.0. The van der Waals surface area contributed by atoms with Crippen LogP contribution in [0.1, 0.15) is 16.8 Å². The largest absolute Gasteiger partial charge is 0.481 e. The van der Waals surface area contributed by atoms with E-state index in [1.807, 2.05) is 0 Å². The fourth-order valence-electron chi connectivity index (χ4n) is 1.99. The topological polar surface area (TPSA) is 79.7 Å². The molecule has 6 nitrogen and oxygen atoms in total. The molecule has 0 aromatic carbocycles. The van der Waals surface area contributed by atoms with Crippen molar-refractivity contribution in [3.63, 3.8) is 0 Å². The van der Waals surface area contributed by atoms with Crippen LogP contribution in [0, 0.1) is 0 Å². The van der Waals surface area contributed by atoms with Gasteiger partial charge in [-0.2, -0.15) is 0 Å². The second kappa shape index (κ2) is 6.12. The molecule has 1 aliphatic heterocycles. The molecule has 102 valence electrons. The molecule has 1 aliphatic rings. The Balaban J connectivity index is 2.17. The summed E-state index contributed by atoms with van der Waals surface area (Å²) in [6, 6.07) is 1.24. The smallest absolute Gasteiger partial charge is 0.305 e. The van der Waals surface area contributed by atoms with Crippen molar-refractivity contribution < 1.29 is 19.4 Å². The van der Waals surface area contributed by atoms with Gasteiger partial charge < -0.3 is 14.7 Å². The number of carbonyl (C=O) groups is 2. The molecule has 0 spiro atoms. The highest BCUT2D eigenvalue weighted by atomic mass is 79.9. The highest BCUT2D eigenvalue weighted by molar-refractivity contribution is 9.10. The predicted molar refractivity (Wildman–Crippen MR) is 69.8 cm³/mol. The van der Waals surface area contributed by atoms with Crippen LogP contribution in [-0.2, 0) is 9.53 Å². The standard InChI is InChI=1S/C12H13BrN2O4/c13-9-3-8(5-14-6-9)12(18)15-1-2-19-7-10(15)4-11(16)17/h3,5-6,10H,1-2,4,7H2,(H,16,17)/t10-/m0/s1. The minimum absolute atomic E-state index is 0.118. The van der Waals surface area contributed by atoms with Crippen LogP contribution >= 0.6 is 15.9 Å². The number of carboxylic acid groups (broad SMARTS) is 1. The van der Waals surface area contributed by atoms with Gasteiger partial charge in [-0.1, -0.05) is 0 Å². The van der Waals surface area contributed by atoms with Crippen LogP contribution in [-0.4, -0.2) is 52.7 Å². The lowest BCUT2D eigenvalue weighted by Crippen LogP contribution is -2.49. The van der Waals surface area contributed by atoms with E-state index in [-0.39, 0.29) is 18.9 Å². The van der Waals surface area contributed by atoms with Gasteiger partial charge in [0.25, 0.3) is 5.91 Å². The summed E-state index contributed by atoms with van der Waals surface area (Å²) in [5.41, 5.74) is 0.437. The number of halogens is 1. The van der Waals surface area contributed by atoms with Gasteiger partial charge in [0.05, 0.1) is 31.2 Å². The Kier molecular flexibility index (Phi) is 4.49. The lowest BCUT2D eigenvalue weighted by atomic mass is 10.1. The number of carboxylic acids is 1. The molecule has 0 radical (unpaired) electrons. The third-order valence-electron chi connectivity index (χ3n) is 2.85. The second-order valence-corrected chi connectivity index (χ2v) is 5.13. The van der Waals surface area contributed by atoms with Crippen molar-refractivity contribution in [3.05, 3.63) is 28.5 Å². The first-order valence-corrected chi connectivity index (χ1v) is 6.58. The Bertz CT molecular complexity index is 494. The summed E-state index contributed by atoms with van der Waals surface area (Å²) in [6.45, 7) is 1.06. The Morgan fingerprint density at radius 1 is 1.53 bits per heavy atom. The van der Waals surface area contributed by atoms with Crippen LogP contribution in [0.15, 0.2) is 22.9 Å². The summed E-state index contributed by atoms with van der Waals surface area (Å²) in [6.07, 6.45) is 2.94. The van der Waals surface area contributed by atoms with Crippen LogP contribution < -0.4 is 0 Å². The van der Waals surface area contributed by atoms with Gasteiger partial charge in [-0.05, 0) is 22.0 Å². The maximum Gasteiger partial charge on any atom is 0.305 e. The first-order chi connectivity index (χ1) is 9.08. The molecule has 1 saturated heterocycles. The van der Waals surface area contributed by atoms with Crippen molar-refractivity contribution in [2.24, 2.45) is 0 Å². The molecule has 1 N–H and O–H groups in total. The maximum atomic E-state index is 12.4. The van der Waals surface area contributed by atoms with Crippen molar-refractivity contribution in [3.8, 4) is 0 Å². The van der Waals surface area contributed by atoms with Gasteiger partial charge in [-0.15, -0.1) is 0 Å². The highest BCUT2D eigenvalue weighted by Crippen LogP contribution is 2.17. The molecule has 0 unspecified atom stereocenters. The maximum absolute atomic E-state index is 12.4. The summed E-state index contributed by atoms with van der Waals surface area (Å²) >= 11 is 3.26. The molecule has 2 heterocycles. The fraction of sp³-hybridized carbons (Fsp3) is 0.417. The van der Waals surface area contributed by atoms with E-state index >= 15 is 0 Å². The number of aliphatic carboxylic acids is 1. The van der Waals surface area contributed by atoms with E-state index < -0.39 is 12.0 Å². The number of morpholine rings is 1. The van der Waals surface area contributed by atoms with E-state index in [9.17, 15) is 9.59 Å². The summed E-state index contributed by atoms with van der Waals surface area (Å²) in [7, 11) is 0. The highest BCUT2D eigenvalue weighted by Gasteiger charge is 2.29. The molecule has 2 rings (SSSR count). The average Bonchev–Trinajstić information content (AvgIpc) is 2.38. The third kappa shape index (κ3) is 3.51. The molecule has 1 fully saturated rings. The average molecular weight is 329 g/mol. The van der Waals surface area contributed by atoms with Crippen molar-refractivity contribution in [2.75, 3.05) is 19.8 Å². The lowest BCUT2D eigenvalue weighted by molar-refractivity contribution is -0.139. The van der Waals surface area contributed by atoms with Crippen LogP contribution in [0.2, 0.25) is 0 Å². The number of amides is 1. The SMILES string of the molecule is O=C(O)C[C@H]1COCCN1C(=O)c1cncc(Br)c1. The van der Waals surface area contributed by atoms with Crippen LogP contribution in [0.5, 0.6) is 0 Å². The van der Waals surface area contributed by atoms with E-state index in [2.05, 4.69) is 20.9 Å². The number of nitrogens with zero attached hydrogens (tertiary/aromatic N) is 2. The summed E-state index contributed by atoms with van der Waals surface area (Å²) < 4.78 is 5.95. The third-order valence-corrected chi connectivity index (χ3v) is 3.28. The van der Waals surface area contributed by atoms with Gasteiger partial charge in [0.2, 0.25) is 0 Å². The Morgan fingerprint density at radius 3 is 3.00 bits per heavy atom. The number of pyridine rings is 1. The number of aromatic nitrogens is 1. The van der Waals surface area contributed by atoms with Crippen molar-refractivity contribution >= 4 is 27.8 Å². The molecule has 7 heteroatoms. The van der Waals surface area contributed by atoms with E-state index in [0.29, 0.717) is 23.2 Å². The molecule has 1 aromatic rings. The predicted octanol–water partition coefficient (Wildman–Crippen LogP) is 1.16. The Labute approximate surface area is 118 Å². The minimum Gasteiger partial charge on any atom is -0.481 e. The molecule has 0 saturated carbocycles. The van der Waals surface area contributed by atoms with Crippen molar-refractivity contribution in [1.29, 1.82) is 0 Å². The zero-order valence-corrected chi connectivity index (χ0v) is 11.7. The van der Waals surface area contributed by atoms with Crippen molar-refractivity contribution in [1.82, 2.24) is 9.88 Å². The van der Waals surface area contributed by atoms with Crippen LogP contribution in [0.4, 0.5) is 0 Å². The summed E-state index contributed by atoms with van der Waals surface area (Å²) in [5, 5.41) is 8.87. The number of hydrogen-bond acceptors (Lipinski definition) is 4. The van der Waals surface area contributed by atoms with E-state index in [1.54, 1.807) is 17.2 Å². The quantitative estimate of drug-likeness (QED) is 0.900. The summed E-state index contributed by atoms with van der Waals surface area (Å²) in [4.78, 5) is 28.7. The molecule has 0 bridgehead atoms. The minimum atomic E-state index is -0.944. The molecular weight excluding hydrogens is 316 g/mol. The van der Waals surface area contributed by atoms with E-state index in [0.717, 1.165) is 0 Å². The van der Waals surface area contributed by atoms with Gasteiger partial charge >= 0.3 is 5.97 Å². The number of rotatable bonds is 3. The second-order valence-electron chi connectivity index (χ2n) is 4.22. The molecule has 1 atom stereocenters. The first-order valence-electron chi connectivity index (χ1n) is 5.79. The fourth-order valence-corrected chi connectivity index (χ4v) is 2.35. The normalized spacial score (nSPS) is 19.2. The Morgan fingerprint density at radius 2 is 2.32 bits per heavy atom. The monoisotopic (exact) mass is 328 g/mol. The zero-order chi connectivity index (χ0) is 13.8. The van der Waals surface area contributed by atoms with E-state index in [4.69, 9.17) is 9.84 Å². The molecular formula is C12H13BrN2O4.